The Labute approximate surface area is 217 Å². The molecule has 0 aromatic heterocycles. The number of ketones is 1. The van der Waals surface area contributed by atoms with Gasteiger partial charge in [-0.3, -0.25) is 24.0 Å². The number of hydrogen-bond acceptors (Lipinski definition) is 5. The van der Waals surface area contributed by atoms with Gasteiger partial charge >= 0.3 is 5.97 Å². The predicted molar refractivity (Wildman–Crippen MR) is 138 cm³/mol. The van der Waals surface area contributed by atoms with Gasteiger partial charge in [0.25, 0.3) is 0 Å². The van der Waals surface area contributed by atoms with E-state index >= 15 is 0 Å². The Balaban J connectivity index is 1.95. The fourth-order valence-electron chi connectivity index (χ4n) is 3.69. The van der Waals surface area contributed by atoms with Crippen LogP contribution in [0.3, 0.4) is 0 Å². The van der Waals surface area contributed by atoms with Gasteiger partial charge in [0.15, 0.2) is 5.78 Å². The Bertz CT molecular complexity index is 1070. The molecule has 198 valence electrons. The van der Waals surface area contributed by atoms with Crippen LogP contribution in [-0.4, -0.2) is 52.7 Å². The van der Waals surface area contributed by atoms with Gasteiger partial charge in [0, 0.05) is 12.8 Å². The molecule has 3 unspecified atom stereocenters. The van der Waals surface area contributed by atoms with E-state index in [1.165, 1.54) is 6.92 Å². The Morgan fingerprint density at radius 2 is 1.32 bits per heavy atom. The van der Waals surface area contributed by atoms with Crippen LogP contribution in [-0.2, 0) is 36.8 Å². The summed E-state index contributed by atoms with van der Waals surface area (Å²) in [5.41, 5.74) is 1.70. The summed E-state index contributed by atoms with van der Waals surface area (Å²) in [5.74, 6) is -3.46. The summed E-state index contributed by atoms with van der Waals surface area (Å²) >= 11 is 0. The molecule has 0 aliphatic heterocycles. The summed E-state index contributed by atoms with van der Waals surface area (Å²) < 4.78 is 0. The van der Waals surface area contributed by atoms with E-state index in [-0.39, 0.29) is 24.7 Å². The first kappa shape index (κ1) is 29.2. The number of carboxylic acid groups (broad SMARTS) is 1. The van der Waals surface area contributed by atoms with Crippen LogP contribution >= 0.6 is 0 Å². The van der Waals surface area contributed by atoms with E-state index in [0.29, 0.717) is 12.0 Å². The number of aliphatic carboxylic acids is 1. The molecule has 0 saturated carbocycles. The standard InChI is InChI=1S/C28H35N3O6/c1-18(2)26(31-24(33)15-14-20-10-6-4-7-11-20)28(37)29-19(3)27(36)30-22(17-25(34)35)23(32)16-21-12-8-5-9-13-21/h4-13,18-19,22,26H,14-17H2,1-3H3,(H,29,37)(H,30,36)(H,31,33)(H,34,35). The van der Waals surface area contributed by atoms with Gasteiger partial charge in [-0.05, 0) is 30.4 Å². The first-order valence-electron chi connectivity index (χ1n) is 12.3. The van der Waals surface area contributed by atoms with Crippen molar-refractivity contribution in [2.45, 2.75) is 64.6 Å². The van der Waals surface area contributed by atoms with Crippen LogP contribution in [0.1, 0.15) is 44.7 Å². The molecule has 37 heavy (non-hydrogen) atoms. The highest BCUT2D eigenvalue weighted by molar-refractivity contribution is 5.96. The Hall–Kier alpha value is -4.01. The maximum Gasteiger partial charge on any atom is 0.305 e. The summed E-state index contributed by atoms with van der Waals surface area (Å²) in [6.45, 7) is 4.98. The minimum atomic E-state index is -1.25. The second-order valence-corrected chi connectivity index (χ2v) is 9.29. The molecule has 0 fully saturated rings. The molecule has 2 aromatic rings. The molecule has 0 saturated heterocycles. The largest absolute Gasteiger partial charge is 0.481 e. The van der Waals surface area contributed by atoms with Gasteiger partial charge in [0.2, 0.25) is 17.7 Å². The van der Waals surface area contributed by atoms with E-state index in [2.05, 4.69) is 16.0 Å². The van der Waals surface area contributed by atoms with Gasteiger partial charge < -0.3 is 21.1 Å². The Morgan fingerprint density at radius 3 is 1.86 bits per heavy atom. The van der Waals surface area contributed by atoms with Crippen molar-refractivity contribution in [1.29, 1.82) is 0 Å². The summed E-state index contributed by atoms with van der Waals surface area (Å²) in [7, 11) is 0. The SMILES string of the molecule is CC(NC(=O)C(NC(=O)CCc1ccccc1)C(C)C)C(=O)NC(CC(=O)O)C(=O)Cc1ccccc1. The Kier molecular flexibility index (Phi) is 11.5. The van der Waals surface area contributed by atoms with Crippen LogP contribution in [0.25, 0.3) is 0 Å². The van der Waals surface area contributed by atoms with Crippen molar-refractivity contribution >= 4 is 29.5 Å². The minimum absolute atomic E-state index is 0.0375. The van der Waals surface area contributed by atoms with Gasteiger partial charge in [-0.25, -0.2) is 0 Å². The van der Waals surface area contributed by atoms with Gasteiger partial charge in [0.1, 0.15) is 12.1 Å². The summed E-state index contributed by atoms with van der Waals surface area (Å²) in [4.78, 5) is 62.1. The van der Waals surface area contributed by atoms with Crippen molar-refractivity contribution in [2.75, 3.05) is 0 Å². The third kappa shape index (κ3) is 10.2. The number of amides is 3. The lowest BCUT2D eigenvalue weighted by Gasteiger charge is -2.25. The third-order valence-corrected chi connectivity index (χ3v) is 5.81. The number of rotatable bonds is 14. The van der Waals surface area contributed by atoms with E-state index in [9.17, 15) is 29.1 Å². The van der Waals surface area contributed by atoms with Crippen LogP contribution in [0.5, 0.6) is 0 Å². The zero-order valence-corrected chi connectivity index (χ0v) is 21.4. The topological polar surface area (TPSA) is 142 Å². The second-order valence-electron chi connectivity index (χ2n) is 9.29. The van der Waals surface area contributed by atoms with Gasteiger partial charge in [-0.15, -0.1) is 0 Å². The molecular formula is C28H35N3O6. The lowest BCUT2D eigenvalue weighted by Crippen LogP contribution is -2.56. The maximum absolute atomic E-state index is 12.9. The number of Topliss-reactive ketones (excluding diaryl/α,β-unsaturated/α-hetero) is 1. The van der Waals surface area contributed by atoms with Crippen LogP contribution in [0.4, 0.5) is 0 Å². The molecule has 3 atom stereocenters. The summed E-state index contributed by atoms with van der Waals surface area (Å²) in [6, 6.07) is 15.1. The van der Waals surface area contributed by atoms with Crippen molar-refractivity contribution in [3.05, 3.63) is 71.8 Å². The number of hydrogen-bond donors (Lipinski definition) is 4. The molecule has 0 aliphatic carbocycles. The van der Waals surface area contributed by atoms with Crippen LogP contribution < -0.4 is 16.0 Å². The third-order valence-electron chi connectivity index (χ3n) is 5.81. The zero-order valence-electron chi connectivity index (χ0n) is 21.4. The number of carboxylic acids is 1. The molecule has 3 amide bonds. The van der Waals surface area contributed by atoms with Crippen molar-refractivity contribution in [2.24, 2.45) is 5.92 Å². The van der Waals surface area contributed by atoms with Crippen molar-refractivity contribution in [3.8, 4) is 0 Å². The van der Waals surface area contributed by atoms with E-state index in [1.807, 2.05) is 30.3 Å². The summed E-state index contributed by atoms with van der Waals surface area (Å²) in [6.07, 6.45) is 0.116. The fraction of sp³-hybridized carbons (Fsp3) is 0.393. The molecule has 0 aliphatic rings. The van der Waals surface area contributed by atoms with Crippen LogP contribution in [0.15, 0.2) is 60.7 Å². The number of nitrogens with one attached hydrogen (secondary N) is 3. The normalized spacial score (nSPS) is 13.2. The zero-order chi connectivity index (χ0) is 27.4. The van der Waals surface area contributed by atoms with E-state index < -0.39 is 48.1 Å². The first-order valence-corrected chi connectivity index (χ1v) is 12.3. The van der Waals surface area contributed by atoms with Crippen molar-refractivity contribution in [1.82, 2.24) is 16.0 Å². The predicted octanol–water partition coefficient (Wildman–Crippen LogP) is 2.04. The fourth-order valence-corrected chi connectivity index (χ4v) is 3.69. The smallest absolute Gasteiger partial charge is 0.305 e. The highest BCUT2D eigenvalue weighted by Crippen LogP contribution is 2.08. The van der Waals surface area contributed by atoms with Crippen LogP contribution in [0, 0.1) is 5.92 Å². The van der Waals surface area contributed by atoms with Crippen molar-refractivity contribution < 1.29 is 29.1 Å². The highest BCUT2D eigenvalue weighted by atomic mass is 16.4. The van der Waals surface area contributed by atoms with E-state index in [0.717, 1.165) is 5.56 Å². The summed E-state index contributed by atoms with van der Waals surface area (Å²) in [5, 5.41) is 17.0. The first-order chi connectivity index (χ1) is 17.6. The Morgan fingerprint density at radius 1 is 0.757 bits per heavy atom. The molecule has 0 spiro atoms. The molecule has 2 rings (SSSR count). The molecule has 9 nitrogen and oxygen atoms in total. The van der Waals surface area contributed by atoms with Gasteiger partial charge in [0.05, 0.1) is 12.5 Å². The highest BCUT2D eigenvalue weighted by Gasteiger charge is 2.29. The quantitative estimate of drug-likeness (QED) is 0.307. The number of aryl methyl sites for hydroxylation is 1. The average Bonchev–Trinajstić information content (AvgIpc) is 2.86. The maximum atomic E-state index is 12.9. The average molecular weight is 510 g/mol. The number of carbonyl (C=O) groups excluding carboxylic acids is 4. The molecule has 2 aromatic carbocycles. The molecule has 4 N–H and O–H groups in total. The second kappa shape index (κ2) is 14.5. The molecule has 0 bridgehead atoms. The number of benzene rings is 2. The van der Waals surface area contributed by atoms with E-state index in [1.54, 1.807) is 44.2 Å². The van der Waals surface area contributed by atoms with Gasteiger partial charge in [-0.2, -0.15) is 0 Å². The molecule has 0 heterocycles. The lowest BCUT2D eigenvalue weighted by molar-refractivity contribution is -0.140. The number of carbonyl (C=O) groups is 5. The molecular weight excluding hydrogens is 474 g/mol. The minimum Gasteiger partial charge on any atom is -0.481 e. The lowest BCUT2D eigenvalue weighted by atomic mass is 10.0. The monoisotopic (exact) mass is 509 g/mol. The molecule has 0 radical (unpaired) electrons. The van der Waals surface area contributed by atoms with Crippen molar-refractivity contribution in [3.63, 3.8) is 0 Å². The molecule has 9 heteroatoms. The van der Waals surface area contributed by atoms with E-state index in [4.69, 9.17) is 0 Å². The van der Waals surface area contributed by atoms with Crippen LogP contribution in [0.2, 0.25) is 0 Å². The van der Waals surface area contributed by atoms with Gasteiger partial charge in [-0.1, -0.05) is 74.5 Å².